The number of rotatable bonds is 3. The first-order valence-corrected chi connectivity index (χ1v) is 8.18. The highest BCUT2D eigenvalue weighted by Gasteiger charge is 2.34. The summed E-state index contributed by atoms with van der Waals surface area (Å²) in [5.74, 6) is -2.56. The van der Waals surface area contributed by atoms with Crippen LogP contribution in [0.1, 0.15) is 21.5 Å². The van der Waals surface area contributed by atoms with Crippen molar-refractivity contribution in [2.45, 2.75) is 13.1 Å². The zero-order valence-electron chi connectivity index (χ0n) is 14.8. The van der Waals surface area contributed by atoms with Crippen molar-refractivity contribution >= 4 is 11.6 Å². The first-order chi connectivity index (χ1) is 13.6. The summed E-state index contributed by atoms with van der Waals surface area (Å²) in [4.78, 5) is 39.3. The zero-order chi connectivity index (χ0) is 21.3. The minimum Gasteiger partial charge on any atom is -0.322 e. The van der Waals surface area contributed by atoms with Crippen LogP contribution in [0, 0.1) is 12.7 Å². The van der Waals surface area contributed by atoms with Crippen LogP contribution in [0.25, 0.3) is 5.69 Å². The summed E-state index contributed by atoms with van der Waals surface area (Å²) < 4.78 is 52.6. The largest absolute Gasteiger partial charge is 0.419 e. The molecule has 0 saturated heterocycles. The molecule has 3 rings (SSSR count). The normalized spacial score (nSPS) is 11.3. The molecule has 6 nitrogen and oxygen atoms in total. The molecule has 2 aromatic carbocycles. The van der Waals surface area contributed by atoms with E-state index >= 15 is 0 Å². The van der Waals surface area contributed by atoms with Gasteiger partial charge in [0.2, 0.25) is 0 Å². The summed E-state index contributed by atoms with van der Waals surface area (Å²) in [7, 11) is 0. The minimum atomic E-state index is -4.96. The fourth-order valence-corrected chi connectivity index (χ4v) is 2.58. The van der Waals surface area contributed by atoms with Gasteiger partial charge in [-0.05, 0) is 37.3 Å². The molecule has 0 aliphatic heterocycles. The molecular formula is C19H13F4N3O3. The smallest absolute Gasteiger partial charge is 0.322 e. The summed E-state index contributed by atoms with van der Waals surface area (Å²) in [5, 5.41) is 2.11. The molecule has 0 radical (unpaired) electrons. The number of aryl methyl sites for hydroxylation is 1. The number of alkyl halides is 3. The number of hydrogen-bond acceptors (Lipinski definition) is 3. The van der Waals surface area contributed by atoms with Crippen LogP contribution in [-0.2, 0) is 6.18 Å². The lowest BCUT2D eigenvalue weighted by atomic mass is 10.1. The summed E-state index contributed by atoms with van der Waals surface area (Å²) in [6.45, 7) is 1.80. The summed E-state index contributed by atoms with van der Waals surface area (Å²) in [5.41, 5.74) is -3.11. The fourth-order valence-electron chi connectivity index (χ4n) is 2.58. The Balaban J connectivity index is 1.99. The lowest BCUT2D eigenvalue weighted by molar-refractivity contribution is -0.139. The SMILES string of the molecule is Cc1ccc(-n2c(=O)[nH]cc(C(=O)Nc3ccc(F)c(C(F)(F)F)c3)c2=O)cc1. The third kappa shape index (κ3) is 4.10. The van der Waals surface area contributed by atoms with Crippen molar-refractivity contribution in [1.29, 1.82) is 0 Å². The van der Waals surface area contributed by atoms with Gasteiger partial charge >= 0.3 is 11.9 Å². The molecule has 0 fully saturated rings. The number of halogens is 4. The van der Waals surface area contributed by atoms with Crippen molar-refractivity contribution in [2.75, 3.05) is 5.32 Å². The van der Waals surface area contributed by atoms with Crippen molar-refractivity contribution in [3.05, 3.63) is 92.0 Å². The average molecular weight is 407 g/mol. The molecule has 150 valence electrons. The molecule has 1 amide bonds. The Hall–Kier alpha value is -3.69. The predicted octanol–water partition coefficient (Wildman–Crippen LogP) is 3.24. The molecule has 29 heavy (non-hydrogen) atoms. The average Bonchev–Trinajstić information content (AvgIpc) is 2.64. The van der Waals surface area contributed by atoms with Crippen molar-refractivity contribution in [3.63, 3.8) is 0 Å². The van der Waals surface area contributed by atoms with Crippen molar-refractivity contribution in [1.82, 2.24) is 9.55 Å². The predicted molar refractivity (Wildman–Crippen MR) is 96.8 cm³/mol. The van der Waals surface area contributed by atoms with Crippen LogP contribution >= 0.6 is 0 Å². The van der Waals surface area contributed by atoms with Crippen LogP contribution in [0.15, 0.2) is 58.3 Å². The first-order valence-electron chi connectivity index (χ1n) is 8.18. The van der Waals surface area contributed by atoms with Gasteiger partial charge < -0.3 is 10.3 Å². The summed E-state index contributed by atoms with van der Waals surface area (Å²) >= 11 is 0. The maximum atomic E-state index is 13.4. The van der Waals surface area contributed by atoms with E-state index in [1.165, 1.54) is 12.1 Å². The highest BCUT2D eigenvalue weighted by atomic mass is 19.4. The van der Waals surface area contributed by atoms with Crippen LogP contribution in [0.3, 0.4) is 0 Å². The Labute approximate surface area is 160 Å². The van der Waals surface area contributed by atoms with E-state index in [2.05, 4.69) is 10.3 Å². The molecular weight excluding hydrogens is 394 g/mol. The molecule has 3 aromatic rings. The summed E-state index contributed by atoms with van der Waals surface area (Å²) in [6, 6.07) is 8.21. The number of benzene rings is 2. The molecule has 0 unspecified atom stereocenters. The molecule has 10 heteroatoms. The number of H-pyrrole nitrogens is 1. The highest BCUT2D eigenvalue weighted by molar-refractivity contribution is 6.03. The molecule has 0 saturated carbocycles. The van der Waals surface area contributed by atoms with Crippen LogP contribution in [0.2, 0.25) is 0 Å². The molecule has 1 heterocycles. The number of nitrogens with one attached hydrogen (secondary N) is 2. The number of anilines is 1. The van der Waals surface area contributed by atoms with Crippen molar-refractivity contribution in [3.8, 4) is 5.69 Å². The number of nitrogens with zero attached hydrogens (tertiary/aromatic N) is 1. The second-order valence-electron chi connectivity index (χ2n) is 6.13. The van der Waals surface area contributed by atoms with Crippen LogP contribution in [0.5, 0.6) is 0 Å². The van der Waals surface area contributed by atoms with E-state index in [0.29, 0.717) is 12.1 Å². The molecule has 0 aliphatic carbocycles. The van der Waals surface area contributed by atoms with Gasteiger partial charge in [0.25, 0.3) is 11.5 Å². The van der Waals surface area contributed by atoms with Crippen LogP contribution in [0.4, 0.5) is 23.2 Å². The lowest BCUT2D eigenvalue weighted by Gasteiger charge is -2.11. The molecule has 0 atom stereocenters. The molecule has 0 bridgehead atoms. The maximum Gasteiger partial charge on any atom is 0.419 e. The molecule has 0 spiro atoms. The Kier molecular flexibility index (Phi) is 5.10. The van der Waals surface area contributed by atoms with E-state index in [9.17, 15) is 31.9 Å². The van der Waals surface area contributed by atoms with E-state index in [1.54, 1.807) is 19.1 Å². The second-order valence-corrected chi connectivity index (χ2v) is 6.13. The van der Waals surface area contributed by atoms with Gasteiger partial charge in [-0.3, -0.25) is 9.59 Å². The molecule has 0 aliphatic rings. The van der Waals surface area contributed by atoms with Crippen LogP contribution in [-0.4, -0.2) is 15.5 Å². The molecule has 2 N–H and O–H groups in total. The number of aromatic nitrogens is 2. The third-order valence-electron chi connectivity index (χ3n) is 4.04. The van der Waals surface area contributed by atoms with Crippen LogP contribution < -0.4 is 16.6 Å². The van der Waals surface area contributed by atoms with E-state index in [4.69, 9.17) is 0 Å². The van der Waals surface area contributed by atoms with Gasteiger partial charge in [0, 0.05) is 11.9 Å². The first kappa shape index (κ1) is 20.1. The standard InChI is InChI=1S/C19H13F4N3O3/c1-10-2-5-12(6-3-10)26-17(28)13(9-24-18(26)29)16(27)25-11-4-7-15(20)14(8-11)19(21,22)23/h2-9H,1H3,(H,24,29)(H,25,27). The van der Waals surface area contributed by atoms with E-state index in [-0.39, 0.29) is 11.4 Å². The zero-order valence-corrected chi connectivity index (χ0v) is 14.8. The van der Waals surface area contributed by atoms with E-state index in [1.807, 2.05) is 0 Å². The lowest BCUT2D eigenvalue weighted by Crippen LogP contribution is -2.38. The number of carbonyl (C=O) groups is 1. The quantitative estimate of drug-likeness (QED) is 0.654. The van der Waals surface area contributed by atoms with Crippen molar-refractivity contribution < 1.29 is 22.4 Å². The Morgan fingerprint density at radius 3 is 2.34 bits per heavy atom. The van der Waals surface area contributed by atoms with E-state index < -0.39 is 40.3 Å². The van der Waals surface area contributed by atoms with Gasteiger partial charge in [-0.25, -0.2) is 13.8 Å². The number of aromatic amines is 1. The third-order valence-corrected chi connectivity index (χ3v) is 4.04. The Morgan fingerprint density at radius 1 is 1.07 bits per heavy atom. The fraction of sp³-hybridized carbons (Fsp3) is 0.105. The minimum absolute atomic E-state index is 0.206. The van der Waals surface area contributed by atoms with Gasteiger partial charge in [-0.15, -0.1) is 0 Å². The van der Waals surface area contributed by atoms with Gasteiger partial charge in [-0.1, -0.05) is 17.7 Å². The van der Waals surface area contributed by atoms with Gasteiger partial charge in [-0.2, -0.15) is 13.2 Å². The van der Waals surface area contributed by atoms with E-state index in [0.717, 1.165) is 22.4 Å². The number of hydrogen-bond donors (Lipinski definition) is 2. The van der Waals surface area contributed by atoms with Gasteiger partial charge in [0.15, 0.2) is 0 Å². The van der Waals surface area contributed by atoms with Gasteiger partial charge in [0.05, 0.1) is 11.3 Å². The topological polar surface area (TPSA) is 84.0 Å². The van der Waals surface area contributed by atoms with Gasteiger partial charge in [0.1, 0.15) is 11.4 Å². The molecule has 1 aromatic heterocycles. The van der Waals surface area contributed by atoms with Crippen molar-refractivity contribution in [2.24, 2.45) is 0 Å². The Morgan fingerprint density at radius 2 is 1.72 bits per heavy atom. The second kappa shape index (κ2) is 7.38. The highest BCUT2D eigenvalue weighted by Crippen LogP contribution is 2.33. The summed E-state index contributed by atoms with van der Waals surface area (Å²) in [6.07, 6.45) is -4.10. The number of amides is 1. The number of carbonyl (C=O) groups excluding carboxylic acids is 1. The monoisotopic (exact) mass is 407 g/mol. The maximum absolute atomic E-state index is 13.4. The Bertz CT molecular complexity index is 1200.